The molecule has 1 atom stereocenters. The summed E-state index contributed by atoms with van der Waals surface area (Å²) in [6, 6.07) is 20.5. The summed E-state index contributed by atoms with van der Waals surface area (Å²) in [5.41, 5.74) is 3.21. The van der Waals surface area contributed by atoms with Crippen molar-refractivity contribution in [3.63, 3.8) is 0 Å². The first-order valence-corrected chi connectivity index (χ1v) is 7.35. The Hall–Kier alpha value is -2.22. The van der Waals surface area contributed by atoms with E-state index in [0.29, 0.717) is 6.42 Å². The average Bonchev–Trinajstić information content (AvgIpc) is 2.52. The number of aliphatic imine (C=N–C) groups is 1. The largest absolute Gasteiger partial charge is 0.300 e. The van der Waals surface area contributed by atoms with Gasteiger partial charge >= 0.3 is 0 Å². The molecule has 0 aromatic heterocycles. The maximum absolute atomic E-state index is 11.1. The Bertz CT molecular complexity index is 560. The molecule has 2 nitrogen and oxygen atoms in total. The van der Waals surface area contributed by atoms with Crippen molar-refractivity contribution >= 4 is 11.5 Å². The number of hydrogen-bond acceptors (Lipinski definition) is 2. The molecule has 108 valence electrons. The first-order valence-electron chi connectivity index (χ1n) is 7.35. The third-order valence-corrected chi connectivity index (χ3v) is 3.36. The number of rotatable bonds is 6. The lowest BCUT2D eigenvalue weighted by atomic mass is 10.0. The summed E-state index contributed by atoms with van der Waals surface area (Å²) in [5.74, 6) is 0.220. The van der Waals surface area contributed by atoms with Crippen molar-refractivity contribution in [2.75, 3.05) is 0 Å². The number of ketones is 1. The Morgan fingerprint density at radius 3 is 1.86 bits per heavy atom. The Balaban J connectivity index is 2.30. The number of nitrogens with zero attached hydrogens (tertiary/aromatic N) is 1. The molecule has 0 bridgehead atoms. The van der Waals surface area contributed by atoms with Crippen molar-refractivity contribution in [3.8, 4) is 0 Å². The lowest BCUT2D eigenvalue weighted by molar-refractivity contribution is -0.117. The van der Waals surface area contributed by atoms with Gasteiger partial charge in [-0.3, -0.25) is 4.99 Å². The molecule has 0 fully saturated rings. The molecule has 0 N–H and O–H groups in total. The van der Waals surface area contributed by atoms with Gasteiger partial charge < -0.3 is 4.79 Å². The molecule has 1 unspecified atom stereocenters. The van der Waals surface area contributed by atoms with E-state index in [1.807, 2.05) is 36.4 Å². The minimum atomic E-state index is 0.129. The van der Waals surface area contributed by atoms with Crippen molar-refractivity contribution in [1.29, 1.82) is 0 Å². The summed E-state index contributed by atoms with van der Waals surface area (Å²) >= 11 is 0. The molecule has 0 saturated carbocycles. The topological polar surface area (TPSA) is 29.4 Å². The molecule has 0 aliphatic rings. The number of Topliss-reactive ketones (excluding diaryl/α,β-unsaturated/α-hetero) is 1. The summed E-state index contributed by atoms with van der Waals surface area (Å²) in [7, 11) is 0. The van der Waals surface area contributed by atoms with Crippen LogP contribution in [0.1, 0.15) is 37.8 Å². The van der Waals surface area contributed by atoms with E-state index < -0.39 is 0 Å². The third-order valence-electron chi connectivity index (χ3n) is 3.36. The van der Waals surface area contributed by atoms with Gasteiger partial charge in [-0.1, -0.05) is 60.7 Å². The van der Waals surface area contributed by atoms with Crippen molar-refractivity contribution in [1.82, 2.24) is 0 Å². The van der Waals surface area contributed by atoms with E-state index in [9.17, 15) is 4.79 Å². The van der Waals surface area contributed by atoms with E-state index >= 15 is 0 Å². The summed E-state index contributed by atoms with van der Waals surface area (Å²) in [4.78, 5) is 16.0. The van der Waals surface area contributed by atoms with E-state index in [2.05, 4.69) is 31.2 Å². The van der Waals surface area contributed by atoms with Crippen LogP contribution < -0.4 is 0 Å². The van der Waals surface area contributed by atoms with Crippen molar-refractivity contribution in [2.45, 2.75) is 32.7 Å². The molecular weight excluding hydrogens is 258 g/mol. The van der Waals surface area contributed by atoms with Gasteiger partial charge in [0.25, 0.3) is 0 Å². The van der Waals surface area contributed by atoms with Gasteiger partial charge in [0.05, 0.1) is 5.71 Å². The predicted octanol–water partition coefficient (Wildman–Crippen LogP) is 4.28. The molecule has 2 heteroatoms. The Labute approximate surface area is 126 Å². The molecule has 0 heterocycles. The number of carbonyl (C=O) groups is 1. The average molecular weight is 279 g/mol. The highest BCUT2D eigenvalue weighted by molar-refractivity contribution is 6.12. The van der Waals surface area contributed by atoms with Gasteiger partial charge in [0.1, 0.15) is 5.78 Å². The third kappa shape index (κ3) is 4.67. The van der Waals surface area contributed by atoms with Gasteiger partial charge in [0.2, 0.25) is 0 Å². The standard InChI is InChI=1S/C19H21NO/c1-15(13-14-16(2)21)20-19(17-9-5-3-6-10-17)18-11-7-4-8-12-18/h3-12,15H,13-14H2,1-2H3. The van der Waals surface area contributed by atoms with E-state index in [0.717, 1.165) is 23.3 Å². The van der Waals surface area contributed by atoms with Crippen LogP contribution in [0.5, 0.6) is 0 Å². The fourth-order valence-electron chi connectivity index (χ4n) is 2.20. The monoisotopic (exact) mass is 279 g/mol. The molecule has 0 aliphatic carbocycles. The van der Waals surface area contributed by atoms with Crippen molar-refractivity contribution in [2.24, 2.45) is 4.99 Å². The second-order valence-corrected chi connectivity index (χ2v) is 5.30. The zero-order valence-electron chi connectivity index (χ0n) is 12.6. The molecule has 0 radical (unpaired) electrons. The highest BCUT2D eigenvalue weighted by Gasteiger charge is 2.09. The molecule has 0 saturated heterocycles. The molecule has 0 aliphatic heterocycles. The maximum Gasteiger partial charge on any atom is 0.129 e. The smallest absolute Gasteiger partial charge is 0.129 e. The van der Waals surface area contributed by atoms with Gasteiger partial charge in [-0.15, -0.1) is 0 Å². The van der Waals surface area contributed by atoms with Crippen LogP contribution in [-0.2, 0) is 4.79 Å². The van der Waals surface area contributed by atoms with Crippen molar-refractivity contribution < 1.29 is 4.79 Å². The van der Waals surface area contributed by atoms with Gasteiger partial charge in [0, 0.05) is 23.6 Å². The molecule has 0 spiro atoms. The van der Waals surface area contributed by atoms with Gasteiger partial charge in [0.15, 0.2) is 0 Å². The molecule has 0 amide bonds. The first-order chi connectivity index (χ1) is 10.2. The van der Waals surface area contributed by atoms with Crippen LogP contribution in [0.2, 0.25) is 0 Å². The summed E-state index contributed by atoms with van der Waals surface area (Å²) in [5, 5.41) is 0. The van der Waals surface area contributed by atoms with Gasteiger partial charge in [-0.05, 0) is 20.3 Å². The normalized spacial score (nSPS) is 11.7. The van der Waals surface area contributed by atoms with Crippen LogP contribution in [0.3, 0.4) is 0 Å². The SMILES string of the molecule is CC(=O)CCC(C)N=C(c1ccccc1)c1ccccc1. The van der Waals surface area contributed by atoms with Crippen LogP contribution in [0, 0.1) is 0 Å². The van der Waals surface area contributed by atoms with Gasteiger partial charge in [-0.2, -0.15) is 0 Å². The van der Waals surface area contributed by atoms with E-state index in [4.69, 9.17) is 4.99 Å². The second kappa shape index (κ2) is 7.53. The number of carbonyl (C=O) groups excluding carboxylic acids is 1. The summed E-state index contributed by atoms with van der Waals surface area (Å²) in [6.07, 6.45) is 1.38. The fourth-order valence-corrected chi connectivity index (χ4v) is 2.20. The molecule has 21 heavy (non-hydrogen) atoms. The van der Waals surface area contributed by atoms with Crippen LogP contribution >= 0.6 is 0 Å². The van der Waals surface area contributed by atoms with Crippen LogP contribution in [0.25, 0.3) is 0 Å². The van der Waals surface area contributed by atoms with E-state index in [-0.39, 0.29) is 11.8 Å². The predicted molar refractivity (Wildman–Crippen MR) is 87.9 cm³/mol. The molecule has 2 rings (SSSR count). The Kier molecular flexibility index (Phi) is 5.44. The molecule has 2 aromatic carbocycles. The minimum Gasteiger partial charge on any atom is -0.300 e. The highest BCUT2D eigenvalue weighted by Crippen LogP contribution is 2.14. The zero-order chi connectivity index (χ0) is 15.1. The summed E-state index contributed by atoms with van der Waals surface area (Å²) < 4.78 is 0. The molecular formula is C19H21NO. The van der Waals surface area contributed by atoms with Crippen molar-refractivity contribution in [3.05, 3.63) is 71.8 Å². The maximum atomic E-state index is 11.1. The fraction of sp³-hybridized carbons (Fsp3) is 0.263. The quantitative estimate of drug-likeness (QED) is 0.726. The van der Waals surface area contributed by atoms with Crippen LogP contribution in [0.4, 0.5) is 0 Å². The van der Waals surface area contributed by atoms with E-state index in [1.165, 1.54) is 0 Å². The Morgan fingerprint density at radius 2 is 1.43 bits per heavy atom. The number of benzene rings is 2. The first kappa shape index (κ1) is 15.2. The van der Waals surface area contributed by atoms with Crippen LogP contribution in [-0.4, -0.2) is 17.5 Å². The lowest BCUT2D eigenvalue weighted by Crippen LogP contribution is -2.10. The molecule has 2 aromatic rings. The second-order valence-electron chi connectivity index (χ2n) is 5.30. The minimum absolute atomic E-state index is 0.129. The van der Waals surface area contributed by atoms with Gasteiger partial charge in [-0.25, -0.2) is 0 Å². The van der Waals surface area contributed by atoms with E-state index in [1.54, 1.807) is 6.92 Å². The summed E-state index contributed by atoms with van der Waals surface area (Å²) in [6.45, 7) is 3.69. The highest BCUT2D eigenvalue weighted by atomic mass is 16.1. The van der Waals surface area contributed by atoms with Crippen LogP contribution in [0.15, 0.2) is 65.7 Å². The Morgan fingerprint density at radius 1 is 0.952 bits per heavy atom. The number of hydrogen-bond donors (Lipinski definition) is 0. The lowest BCUT2D eigenvalue weighted by Gasteiger charge is -2.11. The zero-order valence-corrected chi connectivity index (χ0v) is 12.6.